The molecule has 98 valence electrons. The third kappa shape index (κ3) is 2.47. The highest BCUT2D eigenvalue weighted by atomic mass is 15.1. The fraction of sp³-hybridized carbons (Fsp3) is 0.312. The van der Waals surface area contributed by atoms with Crippen LogP contribution in [-0.4, -0.2) is 18.6 Å². The van der Waals surface area contributed by atoms with Gasteiger partial charge in [0.25, 0.3) is 0 Å². The van der Waals surface area contributed by atoms with E-state index in [0.29, 0.717) is 0 Å². The molecule has 0 radical (unpaired) electrons. The van der Waals surface area contributed by atoms with Crippen molar-refractivity contribution in [3.8, 4) is 0 Å². The zero-order valence-electron chi connectivity index (χ0n) is 11.3. The normalized spacial score (nSPS) is 14.3. The molecule has 2 heterocycles. The van der Waals surface area contributed by atoms with Gasteiger partial charge in [-0.2, -0.15) is 0 Å². The number of aromatic nitrogens is 1. The van der Waals surface area contributed by atoms with Crippen molar-refractivity contribution in [3.63, 3.8) is 0 Å². The fourth-order valence-electron chi connectivity index (χ4n) is 2.71. The molecule has 0 atom stereocenters. The lowest BCUT2D eigenvalue weighted by molar-refractivity contribution is 0.760. The van der Waals surface area contributed by atoms with Crippen LogP contribution in [0.3, 0.4) is 0 Å². The third-order valence-electron chi connectivity index (χ3n) is 3.58. The molecule has 0 fully saturated rings. The topological polar surface area (TPSA) is 28.2 Å². The van der Waals surface area contributed by atoms with Crippen LogP contribution >= 0.6 is 0 Å². The Morgan fingerprint density at radius 3 is 3.05 bits per heavy atom. The number of para-hydroxylation sites is 1. The van der Waals surface area contributed by atoms with Gasteiger partial charge in [0, 0.05) is 30.7 Å². The van der Waals surface area contributed by atoms with Crippen LogP contribution in [0.4, 0.5) is 11.4 Å². The molecule has 0 saturated heterocycles. The summed E-state index contributed by atoms with van der Waals surface area (Å²) in [6.45, 7) is 1.89. The molecule has 3 rings (SSSR count). The van der Waals surface area contributed by atoms with Crippen molar-refractivity contribution in [1.82, 2.24) is 10.3 Å². The van der Waals surface area contributed by atoms with Gasteiger partial charge in [-0.3, -0.25) is 4.98 Å². The van der Waals surface area contributed by atoms with Crippen LogP contribution in [0.2, 0.25) is 0 Å². The van der Waals surface area contributed by atoms with Crippen molar-refractivity contribution in [2.24, 2.45) is 0 Å². The Kier molecular flexibility index (Phi) is 3.47. The van der Waals surface area contributed by atoms with Gasteiger partial charge < -0.3 is 10.2 Å². The molecule has 3 nitrogen and oxygen atoms in total. The number of anilines is 2. The molecule has 1 aromatic heterocycles. The number of hydrogen-bond acceptors (Lipinski definition) is 3. The molecule has 1 aromatic carbocycles. The third-order valence-corrected chi connectivity index (χ3v) is 3.58. The second-order valence-electron chi connectivity index (χ2n) is 4.92. The molecule has 0 unspecified atom stereocenters. The van der Waals surface area contributed by atoms with Crippen molar-refractivity contribution in [1.29, 1.82) is 0 Å². The van der Waals surface area contributed by atoms with E-state index in [0.717, 1.165) is 18.8 Å². The second kappa shape index (κ2) is 5.41. The number of aryl methyl sites for hydroxylation is 1. The molecule has 19 heavy (non-hydrogen) atoms. The highest BCUT2D eigenvalue weighted by molar-refractivity contribution is 5.67. The van der Waals surface area contributed by atoms with Gasteiger partial charge in [0.2, 0.25) is 0 Å². The lowest BCUT2D eigenvalue weighted by atomic mass is 10.0. The zero-order chi connectivity index (χ0) is 13.1. The number of rotatable bonds is 3. The highest BCUT2D eigenvalue weighted by Gasteiger charge is 2.17. The summed E-state index contributed by atoms with van der Waals surface area (Å²) in [6.07, 6.45) is 4.29. The van der Waals surface area contributed by atoms with Crippen molar-refractivity contribution < 1.29 is 0 Å². The minimum Gasteiger partial charge on any atom is -0.341 e. The molecule has 0 bridgehead atoms. The molecule has 0 amide bonds. The highest BCUT2D eigenvalue weighted by Crippen LogP contribution is 2.33. The second-order valence-corrected chi connectivity index (χ2v) is 4.92. The fourth-order valence-corrected chi connectivity index (χ4v) is 2.71. The van der Waals surface area contributed by atoms with Crippen molar-refractivity contribution in [2.45, 2.75) is 19.4 Å². The molecule has 0 aliphatic carbocycles. The predicted octanol–water partition coefficient (Wildman–Crippen LogP) is 2.89. The Morgan fingerprint density at radius 1 is 1.26 bits per heavy atom. The molecule has 1 aliphatic rings. The van der Waals surface area contributed by atoms with E-state index in [1.54, 1.807) is 0 Å². The average Bonchev–Trinajstić information content (AvgIpc) is 2.47. The summed E-state index contributed by atoms with van der Waals surface area (Å²) >= 11 is 0. The summed E-state index contributed by atoms with van der Waals surface area (Å²) in [5, 5.41) is 3.15. The zero-order valence-corrected chi connectivity index (χ0v) is 11.3. The Balaban J connectivity index is 1.97. The summed E-state index contributed by atoms with van der Waals surface area (Å²) in [7, 11) is 1.95. The van der Waals surface area contributed by atoms with Gasteiger partial charge >= 0.3 is 0 Å². The van der Waals surface area contributed by atoms with Crippen molar-refractivity contribution in [3.05, 3.63) is 53.9 Å². The first-order valence-corrected chi connectivity index (χ1v) is 6.83. The number of pyridine rings is 1. The van der Waals surface area contributed by atoms with Gasteiger partial charge in [-0.05, 0) is 43.7 Å². The minimum absolute atomic E-state index is 0.809. The van der Waals surface area contributed by atoms with Crippen LogP contribution in [0.5, 0.6) is 0 Å². The Labute approximate surface area is 114 Å². The summed E-state index contributed by atoms with van der Waals surface area (Å²) < 4.78 is 0. The van der Waals surface area contributed by atoms with Crippen molar-refractivity contribution >= 4 is 11.4 Å². The lowest BCUT2D eigenvalue weighted by Crippen LogP contribution is -2.24. The van der Waals surface area contributed by atoms with E-state index in [4.69, 9.17) is 0 Å². The summed E-state index contributed by atoms with van der Waals surface area (Å²) in [6, 6.07) is 13.0. The van der Waals surface area contributed by atoms with Crippen LogP contribution in [0.25, 0.3) is 0 Å². The summed E-state index contributed by atoms with van der Waals surface area (Å²) in [5.74, 6) is 0. The first-order chi connectivity index (χ1) is 9.38. The number of nitrogens with one attached hydrogen (secondary N) is 1. The van der Waals surface area contributed by atoms with E-state index in [1.807, 2.05) is 13.2 Å². The maximum atomic E-state index is 4.39. The van der Waals surface area contributed by atoms with Crippen LogP contribution in [0.1, 0.15) is 17.7 Å². The van der Waals surface area contributed by atoms with Gasteiger partial charge in [-0.25, -0.2) is 0 Å². The smallest absolute Gasteiger partial charge is 0.0562 e. The van der Waals surface area contributed by atoms with Crippen molar-refractivity contribution in [2.75, 3.05) is 18.5 Å². The van der Waals surface area contributed by atoms with Gasteiger partial charge in [0.1, 0.15) is 0 Å². The Hall–Kier alpha value is -1.87. The van der Waals surface area contributed by atoms with Gasteiger partial charge in [0.05, 0.1) is 5.69 Å². The van der Waals surface area contributed by atoms with Gasteiger partial charge in [0.15, 0.2) is 0 Å². The number of nitrogens with zero attached hydrogens (tertiary/aromatic N) is 2. The maximum absolute atomic E-state index is 4.39. The van der Waals surface area contributed by atoms with Crippen LogP contribution in [0.15, 0.2) is 42.6 Å². The maximum Gasteiger partial charge on any atom is 0.0562 e. The lowest BCUT2D eigenvalue weighted by Gasteiger charge is -2.31. The number of benzene rings is 1. The van der Waals surface area contributed by atoms with Gasteiger partial charge in [-0.1, -0.05) is 18.2 Å². The first kappa shape index (κ1) is 12.2. The molecular formula is C16H19N3. The van der Waals surface area contributed by atoms with E-state index in [2.05, 4.69) is 51.6 Å². The monoisotopic (exact) mass is 253 g/mol. The Bertz CT molecular complexity index is 565. The quantitative estimate of drug-likeness (QED) is 0.911. The largest absolute Gasteiger partial charge is 0.341 e. The standard InChI is InChI=1S/C16H19N3/c1-17-12-14-11-15(8-9-18-14)19-10-4-6-13-5-2-3-7-16(13)19/h2-3,5,7-9,11,17H,4,6,10,12H2,1H3. The van der Waals surface area contributed by atoms with Crippen LogP contribution < -0.4 is 10.2 Å². The molecule has 2 aromatic rings. The van der Waals surface area contributed by atoms with E-state index in [-0.39, 0.29) is 0 Å². The molecule has 3 heteroatoms. The van der Waals surface area contributed by atoms with Crippen LogP contribution in [-0.2, 0) is 13.0 Å². The minimum atomic E-state index is 0.809. The predicted molar refractivity (Wildman–Crippen MR) is 78.8 cm³/mol. The average molecular weight is 253 g/mol. The van der Waals surface area contributed by atoms with Crippen LogP contribution in [0, 0.1) is 0 Å². The first-order valence-electron chi connectivity index (χ1n) is 6.83. The van der Waals surface area contributed by atoms with E-state index in [9.17, 15) is 0 Å². The molecular weight excluding hydrogens is 234 g/mol. The summed E-state index contributed by atoms with van der Waals surface area (Å²) in [4.78, 5) is 6.79. The number of hydrogen-bond donors (Lipinski definition) is 1. The Morgan fingerprint density at radius 2 is 2.16 bits per heavy atom. The van der Waals surface area contributed by atoms with Gasteiger partial charge in [-0.15, -0.1) is 0 Å². The SMILES string of the molecule is CNCc1cc(N2CCCc3ccccc32)ccn1. The molecule has 0 spiro atoms. The molecule has 1 N–H and O–H groups in total. The molecule has 1 aliphatic heterocycles. The van der Waals surface area contributed by atoms with E-state index < -0.39 is 0 Å². The summed E-state index contributed by atoms with van der Waals surface area (Å²) in [5.41, 5.74) is 5.12. The molecule has 0 saturated carbocycles. The van der Waals surface area contributed by atoms with E-state index in [1.165, 1.54) is 29.8 Å². The number of fused-ring (bicyclic) bond motifs is 1. The van der Waals surface area contributed by atoms with E-state index >= 15 is 0 Å².